The lowest BCUT2D eigenvalue weighted by atomic mass is 10.1. The minimum atomic E-state index is -0.636. The maximum absolute atomic E-state index is 13.2. The van der Waals surface area contributed by atoms with Crippen molar-refractivity contribution in [2.75, 3.05) is 13.7 Å². The van der Waals surface area contributed by atoms with Gasteiger partial charge >= 0.3 is 11.9 Å². The third kappa shape index (κ3) is 7.50. The second kappa shape index (κ2) is 12.6. The van der Waals surface area contributed by atoms with Crippen LogP contribution in [-0.4, -0.2) is 25.7 Å². The molecule has 5 nitrogen and oxygen atoms in total. The standard InChI is InChI=1S/C24H29FO5/c1-3-4-5-6-7-8-9-16-29-23(26)18-10-12-19(13-11-18)24(27)30-21-15-14-20(25)17-22(21)28-2/h10-15,17H,3-9,16H2,1-2H3. The largest absolute Gasteiger partial charge is 0.493 e. The number of halogens is 1. The van der Waals surface area contributed by atoms with E-state index in [1.165, 1.54) is 69.2 Å². The molecule has 0 aliphatic heterocycles. The molecule has 30 heavy (non-hydrogen) atoms. The Balaban J connectivity index is 1.80. The molecule has 0 aromatic heterocycles. The highest BCUT2D eigenvalue weighted by Gasteiger charge is 2.14. The fourth-order valence-electron chi connectivity index (χ4n) is 2.93. The van der Waals surface area contributed by atoms with E-state index in [1.807, 2.05) is 0 Å². The van der Waals surface area contributed by atoms with Crippen molar-refractivity contribution < 1.29 is 28.2 Å². The van der Waals surface area contributed by atoms with E-state index in [0.29, 0.717) is 12.2 Å². The van der Waals surface area contributed by atoms with Crippen molar-refractivity contribution >= 4 is 11.9 Å². The summed E-state index contributed by atoms with van der Waals surface area (Å²) in [6.45, 7) is 2.58. The first kappa shape index (κ1) is 23.4. The summed E-state index contributed by atoms with van der Waals surface area (Å²) in [5.41, 5.74) is 0.624. The van der Waals surface area contributed by atoms with Gasteiger partial charge in [0.25, 0.3) is 0 Å². The number of carbonyl (C=O) groups is 2. The van der Waals surface area contributed by atoms with Gasteiger partial charge in [-0.1, -0.05) is 45.4 Å². The van der Waals surface area contributed by atoms with Gasteiger partial charge in [0.05, 0.1) is 24.8 Å². The van der Waals surface area contributed by atoms with Crippen LogP contribution in [0.25, 0.3) is 0 Å². The lowest BCUT2D eigenvalue weighted by Gasteiger charge is -2.09. The molecule has 0 fully saturated rings. The van der Waals surface area contributed by atoms with Crippen LogP contribution in [-0.2, 0) is 4.74 Å². The predicted molar refractivity (Wildman–Crippen MR) is 113 cm³/mol. The van der Waals surface area contributed by atoms with Gasteiger partial charge in [-0.25, -0.2) is 14.0 Å². The first-order valence-corrected chi connectivity index (χ1v) is 10.4. The normalized spacial score (nSPS) is 10.5. The fraction of sp³-hybridized carbons (Fsp3) is 0.417. The van der Waals surface area contributed by atoms with E-state index < -0.39 is 17.8 Å². The summed E-state index contributed by atoms with van der Waals surface area (Å²) in [6, 6.07) is 9.65. The first-order chi connectivity index (χ1) is 14.5. The zero-order chi connectivity index (χ0) is 21.8. The maximum atomic E-state index is 13.2. The Hall–Kier alpha value is -2.89. The average Bonchev–Trinajstić information content (AvgIpc) is 2.76. The molecule has 0 aliphatic rings. The van der Waals surface area contributed by atoms with Crippen LogP contribution in [0.4, 0.5) is 4.39 Å². The van der Waals surface area contributed by atoms with Crippen molar-refractivity contribution in [3.63, 3.8) is 0 Å². The summed E-state index contributed by atoms with van der Waals surface area (Å²) in [4.78, 5) is 24.4. The van der Waals surface area contributed by atoms with Gasteiger partial charge in [-0.05, 0) is 42.8 Å². The predicted octanol–water partition coefficient (Wildman–Crippen LogP) is 5.96. The van der Waals surface area contributed by atoms with Gasteiger partial charge in [0, 0.05) is 6.07 Å². The molecular weight excluding hydrogens is 387 g/mol. The second-order valence-electron chi connectivity index (χ2n) is 7.02. The molecule has 0 N–H and O–H groups in total. The molecule has 0 heterocycles. The number of esters is 2. The van der Waals surface area contributed by atoms with Crippen molar-refractivity contribution in [2.45, 2.75) is 51.9 Å². The van der Waals surface area contributed by atoms with Gasteiger partial charge in [0.2, 0.25) is 0 Å². The van der Waals surface area contributed by atoms with Gasteiger partial charge in [-0.3, -0.25) is 0 Å². The fourth-order valence-corrected chi connectivity index (χ4v) is 2.93. The topological polar surface area (TPSA) is 61.8 Å². The molecular formula is C24H29FO5. The van der Waals surface area contributed by atoms with Crippen molar-refractivity contribution in [1.29, 1.82) is 0 Å². The van der Waals surface area contributed by atoms with Crippen LogP contribution < -0.4 is 9.47 Å². The molecule has 2 aromatic rings. The molecule has 0 spiro atoms. The number of carbonyl (C=O) groups excluding carboxylic acids is 2. The molecule has 6 heteroatoms. The summed E-state index contributed by atoms with van der Waals surface area (Å²) in [5.74, 6) is -1.31. The first-order valence-electron chi connectivity index (χ1n) is 10.4. The Bertz CT molecular complexity index is 817. The molecule has 2 aromatic carbocycles. The number of ether oxygens (including phenoxy) is 3. The Morgan fingerprint density at radius 1 is 0.800 bits per heavy atom. The van der Waals surface area contributed by atoms with E-state index in [-0.39, 0.29) is 17.1 Å². The second-order valence-corrected chi connectivity index (χ2v) is 7.02. The summed E-state index contributed by atoms with van der Waals surface area (Å²) >= 11 is 0. The zero-order valence-corrected chi connectivity index (χ0v) is 17.6. The SMILES string of the molecule is CCCCCCCCCOC(=O)c1ccc(C(=O)Oc2ccc(F)cc2OC)cc1. The molecule has 2 rings (SSSR count). The highest BCUT2D eigenvalue weighted by atomic mass is 19.1. The number of methoxy groups -OCH3 is 1. The smallest absolute Gasteiger partial charge is 0.343 e. The van der Waals surface area contributed by atoms with Crippen LogP contribution >= 0.6 is 0 Å². The molecule has 0 saturated carbocycles. The number of benzene rings is 2. The summed E-state index contributed by atoms with van der Waals surface area (Å²) in [6.07, 6.45) is 8.05. The molecule has 0 amide bonds. The van der Waals surface area contributed by atoms with E-state index in [2.05, 4.69) is 6.92 Å². The lowest BCUT2D eigenvalue weighted by Crippen LogP contribution is -2.11. The minimum absolute atomic E-state index is 0.113. The Morgan fingerprint density at radius 2 is 1.40 bits per heavy atom. The quantitative estimate of drug-likeness (QED) is 0.243. The van der Waals surface area contributed by atoms with E-state index in [4.69, 9.17) is 14.2 Å². The van der Waals surface area contributed by atoms with Crippen LogP contribution in [0.2, 0.25) is 0 Å². The average molecular weight is 416 g/mol. The molecule has 0 bridgehead atoms. The minimum Gasteiger partial charge on any atom is -0.493 e. The lowest BCUT2D eigenvalue weighted by molar-refractivity contribution is 0.0497. The third-order valence-electron chi connectivity index (χ3n) is 4.67. The van der Waals surface area contributed by atoms with E-state index in [1.54, 1.807) is 0 Å². The monoisotopic (exact) mass is 416 g/mol. The molecule has 0 radical (unpaired) electrons. The number of rotatable bonds is 12. The summed E-state index contributed by atoms with van der Waals surface area (Å²) < 4.78 is 28.8. The van der Waals surface area contributed by atoms with Gasteiger partial charge in [0.15, 0.2) is 11.5 Å². The zero-order valence-electron chi connectivity index (χ0n) is 17.6. The highest BCUT2D eigenvalue weighted by molar-refractivity contribution is 5.94. The summed E-state index contributed by atoms with van der Waals surface area (Å²) in [7, 11) is 1.36. The van der Waals surface area contributed by atoms with Crippen LogP contribution in [0.1, 0.15) is 72.6 Å². The number of hydrogen-bond acceptors (Lipinski definition) is 5. The van der Waals surface area contributed by atoms with E-state index in [0.717, 1.165) is 25.3 Å². The number of unbranched alkanes of at least 4 members (excludes halogenated alkanes) is 6. The number of hydrogen-bond donors (Lipinski definition) is 0. The molecule has 162 valence electrons. The van der Waals surface area contributed by atoms with Crippen LogP contribution in [0.3, 0.4) is 0 Å². The van der Waals surface area contributed by atoms with Gasteiger partial charge in [-0.15, -0.1) is 0 Å². The third-order valence-corrected chi connectivity index (χ3v) is 4.67. The molecule has 0 atom stereocenters. The van der Waals surface area contributed by atoms with Gasteiger partial charge in [-0.2, -0.15) is 0 Å². The van der Waals surface area contributed by atoms with Gasteiger partial charge < -0.3 is 14.2 Å². The van der Waals surface area contributed by atoms with Crippen LogP contribution in [0, 0.1) is 5.82 Å². The molecule has 0 unspecified atom stereocenters. The van der Waals surface area contributed by atoms with Gasteiger partial charge in [0.1, 0.15) is 5.82 Å². The Morgan fingerprint density at radius 3 is 2.03 bits per heavy atom. The van der Waals surface area contributed by atoms with Crippen molar-refractivity contribution in [2.24, 2.45) is 0 Å². The van der Waals surface area contributed by atoms with Crippen LogP contribution in [0.15, 0.2) is 42.5 Å². The summed E-state index contributed by atoms with van der Waals surface area (Å²) in [5, 5.41) is 0. The van der Waals surface area contributed by atoms with Crippen molar-refractivity contribution in [3.8, 4) is 11.5 Å². The molecule has 0 aliphatic carbocycles. The maximum Gasteiger partial charge on any atom is 0.343 e. The van der Waals surface area contributed by atoms with E-state index in [9.17, 15) is 14.0 Å². The van der Waals surface area contributed by atoms with Crippen molar-refractivity contribution in [3.05, 3.63) is 59.4 Å². The van der Waals surface area contributed by atoms with Crippen LogP contribution in [0.5, 0.6) is 11.5 Å². The highest BCUT2D eigenvalue weighted by Crippen LogP contribution is 2.28. The Labute approximate surface area is 177 Å². The van der Waals surface area contributed by atoms with E-state index >= 15 is 0 Å². The van der Waals surface area contributed by atoms with Crippen molar-refractivity contribution in [1.82, 2.24) is 0 Å². The molecule has 0 saturated heterocycles. The Kier molecular flexibility index (Phi) is 9.84.